The summed E-state index contributed by atoms with van der Waals surface area (Å²) in [5, 5.41) is 3.68. The topological polar surface area (TPSA) is 22.1 Å². The molecule has 0 bridgehead atoms. The average molecular weight is 330 g/mol. The summed E-state index contributed by atoms with van der Waals surface area (Å²) in [5.74, 6) is 1.67. The highest BCUT2D eigenvalue weighted by atomic mass is 35.5. The molecular formula is C15H17Cl2NOS. The molecule has 0 N–H and O–H groups in total. The van der Waals surface area contributed by atoms with E-state index >= 15 is 0 Å². The van der Waals surface area contributed by atoms with Crippen LogP contribution in [0.15, 0.2) is 17.5 Å². The van der Waals surface area contributed by atoms with E-state index in [4.69, 9.17) is 27.9 Å². The molecule has 2 rings (SSSR count). The number of ether oxygens (including phenoxy) is 1. The zero-order chi connectivity index (χ0) is 14.7. The van der Waals surface area contributed by atoms with Crippen molar-refractivity contribution in [2.75, 3.05) is 0 Å². The molecule has 1 heterocycles. The third-order valence-electron chi connectivity index (χ3n) is 3.00. The molecule has 1 aromatic carbocycles. The lowest BCUT2D eigenvalue weighted by Crippen LogP contribution is -1.99. The maximum absolute atomic E-state index is 6.26. The Morgan fingerprint density at radius 2 is 2.10 bits per heavy atom. The van der Waals surface area contributed by atoms with Crippen molar-refractivity contribution < 1.29 is 4.74 Å². The van der Waals surface area contributed by atoms with Gasteiger partial charge in [0, 0.05) is 10.4 Å². The van der Waals surface area contributed by atoms with Crippen LogP contribution >= 0.6 is 34.5 Å². The van der Waals surface area contributed by atoms with Crippen molar-refractivity contribution >= 4 is 34.5 Å². The van der Waals surface area contributed by atoms with Gasteiger partial charge in [0.1, 0.15) is 17.4 Å². The fourth-order valence-electron chi connectivity index (χ4n) is 1.88. The number of hydrogen-bond acceptors (Lipinski definition) is 3. The minimum Gasteiger partial charge on any atom is -0.486 e. The molecule has 1 aromatic heterocycles. The van der Waals surface area contributed by atoms with Gasteiger partial charge in [-0.2, -0.15) is 0 Å². The van der Waals surface area contributed by atoms with E-state index in [0.717, 1.165) is 32.6 Å². The first-order valence-electron chi connectivity index (χ1n) is 6.43. The Hall–Kier alpha value is -0.770. The second-order valence-electron chi connectivity index (χ2n) is 4.95. The first kappa shape index (κ1) is 15.6. The monoisotopic (exact) mass is 329 g/mol. The van der Waals surface area contributed by atoms with Crippen LogP contribution in [0.5, 0.6) is 5.75 Å². The summed E-state index contributed by atoms with van der Waals surface area (Å²) in [6.45, 7) is 6.70. The van der Waals surface area contributed by atoms with Gasteiger partial charge in [-0.25, -0.2) is 4.98 Å². The minimum absolute atomic E-state index is 0.369. The molecular weight excluding hydrogens is 313 g/mol. The van der Waals surface area contributed by atoms with Gasteiger partial charge >= 0.3 is 0 Å². The third kappa shape index (κ3) is 3.66. The Balaban J connectivity index is 2.14. The van der Waals surface area contributed by atoms with Crippen LogP contribution in [-0.2, 0) is 12.5 Å². The van der Waals surface area contributed by atoms with E-state index in [9.17, 15) is 0 Å². The van der Waals surface area contributed by atoms with E-state index in [2.05, 4.69) is 18.8 Å². The molecule has 0 spiro atoms. The van der Waals surface area contributed by atoms with E-state index in [1.54, 1.807) is 11.3 Å². The van der Waals surface area contributed by atoms with Crippen molar-refractivity contribution in [3.63, 3.8) is 0 Å². The number of aromatic nitrogens is 1. The summed E-state index contributed by atoms with van der Waals surface area (Å²) in [6.07, 6.45) is 0. The van der Waals surface area contributed by atoms with Crippen LogP contribution in [-0.4, -0.2) is 4.98 Å². The predicted octanol–water partition coefficient (Wildman–Crippen LogP) is 5.55. The second kappa shape index (κ2) is 6.79. The highest BCUT2D eigenvalue weighted by Crippen LogP contribution is 2.31. The molecule has 2 aromatic rings. The van der Waals surface area contributed by atoms with Gasteiger partial charge in [0.25, 0.3) is 0 Å². The van der Waals surface area contributed by atoms with Gasteiger partial charge in [0.05, 0.1) is 11.6 Å². The van der Waals surface area contributed by atoms with E-state index in [0.29, 0.717) is 18.4 Å². The molecule has 0 saturated heterocycles. The quantitative estimate of drug-likeness (QED) is 0.671. The van der Waals surface area contributed by atoms with Crippen LogP contribution in [0, 0.1) is 6.92 Å². The van der Waals surface area contributed by atoms with Crippen molar-refractivity contribution in [3.05, 3.63) is 44.4 Å². The van der Waals surface area contributed by atoms with Crippen LogP contribution in [0.4, 0.5) is 0 Å². The summed E-state index contributed by atoms with van der Waals surface area (Å²) in [6, 6.07) is 3.98. The second-order valence-corrected chi connectivity index (χ2v) is 6.57. The molecule has 0 fully saturated rings. The first-order valence-corrected chi connectivity index (χ1v) is 8.22. The molecule has 2 nitrogen and oxygen atoms in total. The molecule has 108 valence electrons. The van der Waals surface area contributed by atoms with Gasteiger partial charge in [0.2, 0.25) is 0 Å². The predicted molar refractivity (Wildman–Crippen MR) is 86.3 cm³/mol. The molecule has 0 saturated carbocycles. The molecule has 0 unspecified atom stereocenters. The number of alkyl halides is 1. The Kier molecular flexibility index (Phi) is 5.30. The normalized spacial score (nSPS) is 11.1. The Morgan fingerprint density at radius 3 is 2.70 bits per heavy atom. The summed E-state index contributed by atoms with van der Waals surface area (Å²) in [4.78, 5) is 4.38. The van der Waals surface area contributed by atoms with Crippen LogP contribution < -0.4 is 4.74 Å². The van der Waals surface area contributed by atoms with Gasteiger partial charge in [-0.1, -0.05) is 25.4 Å². The van der Waals surface area contributed by atoms with Crippen LogP contribution in [0.25, 0.3) is 0 Å². The van der Waals surface area contributed by atoms with Gasteiger partial charge in [0.15, 0.2) is 0 Å². The van der Waals surface area contributed by atoms with E-state index in [1.807, 2.05) is 24.4 Å². The zero-order valence-corrected chi connectivity index (χ0v) is 14.1. The average Bonchev–Trinajstić information content (AvgIpc) is 2.85. The standard InChI is InChI=1S/C15H17Cl2NOS/c1-9(2)12-5-14(10(3)4-13(12)17)19-7-15-18-11(6-16)8-20-15/h4-5,8-9H,6-7H2,1-3H3. The summed E-state index contributed by atoms with van der Waals surface area (Å²) in [5.41, 5.74) is 3.03. The summed E-state index contributed by atoms with van der Waals surface area (Å²) < 4.78 is 5.87. The number of aryl methyl sites for hydroxylation is 1. The van der Waals surface area contributed by atoms with E-state index in [-0.39, 0.29) is 0 Å². The largest absolute Gasteiger partial charge is 0.486 e. The highest BCUT2D eigenvalue weighted by molar-refractivity contribution is 7.09. The molecule has 20 heavy (non-hydrogen) atoms. The number of thiazole rings is 1. The fraction of sp³-hybridized carbons (Fsp3) is 0.400. The smallest absolute Gasteiger partial charge is 0.140 e. The molecule has 0 aliphatic carbocycles. The van der Waals surface area contributed by atoms with Gasteiger partial charge in [-0.3, -0.25) is 0 Å². The Labute approximate surface area is 133 Å². The van der Waals surface area contributed by atoms with E-state index < -0.39 is 0 Å². The van der Waals surface area contributed by atoms with Gasteiger partial charge in [-0.15, -0.1) is 22.9 Å². The Morgan fingerprint density at radius 1 is 1.35 bits per heavy atom. The van der Waals surface area contributed by atoms with Crippen molar-refractivity contribution in [3.8, 4) is 5.75 Å². The van der Waals surface area contributed by atoms with Crippen LogP contribution in [0.2, 0.25) is 5.02 Å². The van der Waals surface area contributed by atoms with E-state index in [1.165, 1.54) is 0 Å². The molecule has 0 amide bonds. The lowest BCUT2D eigenvalue weighted by Gasteiger charge is -2.14. The Bertz CT molecular complexity index is 596. The van der Waals surface area contributed by atoms with Crippen LogP contribution in [0.3, 0.4) is 0 Å². The first-order chi connectivity index (χ1) is 9.51. The van der Waals surface area contributed by atoms with Gasteiger partial charge in [-0.05, 0) is 36.1 Å². The zero-order valence-electron chi connectivity index (χ0n) is 11.7. The number of benzene rings is 1. The SMILES string of the molecule is Cc1cc(Cl)c(C(C)C)cc1OCc1nc(CCl)cs1. The lowest BCUT2D eigenvalue weighted by atomic mass is 10.0. The molecule has 0 aliphatic heterocycles. The number of rotatable bonds is 5. The van der Waals surface area contributed by atoms with Crippen molar-refractivity contribution in [1.82, 2.24) is 4.98 Å². The van der Waals surface area contributed by atoms with Gasteiger partial charge < -0.3 is 4.74 Å². The van der Waals surface area contributed by atoms with Crippen molar-refractivity contribution in [1.29, 1.82) is 0 Å². The lowest BCUT2D eigenvalue weighted by molar-refractivity contribution is 0.303. The van der Waals surface area contributed by atoms with Crippen LogP contribution in [0.1, 0.15) is 41.6 Å². The van der Waals surface area contributed by atoms with Crippen molar-refractivity contribution in [2.45, 2.75) is 39.2 Å². The third-order valence-corrected chi connectivity index (χ3v) is 4.48. The number of halogens is 2. The fourth-order valence-corrected chi connectivity index (χ4v) is 3.25. The number of hydrogen-bond donors (Lipinski definition) is 0. The molecule has 0 radical (unpaired) electrons. The maximum Gasteiger partial charge on any atom is 0.140 e. The molecule has 0 atom stereocenters. The maximum atomic E-state index is 6.26. The molecule has 5 heteroatoms. The summed E-state index contributed by atoms with van der Waals surface area (Å²) >= 11 is 13.6. The minimum atomic E-state index is 0.369. The molecule has 0 aliphatic rings. The highest BCUT2D eigenvalue weighted by Gasteiger charge is 2.11. The van der Waals surface area contributed by atoms with Crippen molar-refractivity contribution in [2.24, 2.45) is 0 Å². The summed E-state index contributed by atoms with van der Waals surface area (Å²) in [7, 11) is 0. The number of nitrogens with zero attached hydrogens (tertiary/aromatic N) is 1.